The summed E-state index contributed by atoms with van der Waals surface area (Å²) in [5.41, 5.74) is 12.3. The zero-order chi connectivity index (χ0) is 37.0. The number of fused-ring (bicyclic) bond motifs is 6. The summed E-state index contributed by atoms with van der Waals surface area (Å²) in [6, 6.07) is 64.5. The average Bonchev–Trinajstić information content (AvgIpc) is 3.85. The molecule has 0 bridgehead atoms. The van der Waals surface area contributed by atoms with Gasteiger partial charge < -0.3 is 8.83 Å². The van der Waals surface area contributed by atoms with Gasteiger partial charge in [0.15, 0.2) is 17.5 Å². The molecule has 0 saturated heterocycles. The van der Waals surface area contributed by atoms with Crippen LogP contribution >= 0.6 is 0 Å². The Bertz CT molecular complexity index is 3230. The van der Waals surface area contributed by atoms with Crippen LogP contribution in [0.1, 0.15) is 0 Å². The number of rotatable bonds is 6. The number of hydrogen-bond donors (Lipinski definition) is 0. The molecule has 0 saturated carbocycles. The van der Waals surface area contributed by atoms with Gasteiger partial charge in [0, 0.05) is 49.4 Å². The van der Waals surface area contributed by atoms with Crippen molar-refractivity contribution in [1.29, 1.82) is 0 Å². The first-order chi connectivity index (χ1) is 27.7. The molecule has 0 unspecified atom stereocenters. The van der Waals surface area contributed by atoms with Crippen LogP contribution in [0.15, 0.2) is 197 Å². The summed E-state index contributed by atoms with van der Waals surface area (Å²) in [5.74, 6) is 1.72. The van der Waals surface area contributed by atoms with E-state index in [4.69, 9.17) is 23.8 Å². The molecule has 11 aromatic rings. The van der Waals surface area contributed by atoms with Crippen LogP contribution in [0.4, 0.5) is 0 Å². The first-order valence-corrected chi connectivity index (χ1v) is 18.7. The van der Waals surface area contributed by atoms with Crippen LogP contribution in [0.5, 0.6) is 0 Å². The summed E-state index contributed by atoms with van der Waals surface area (Å²) in [7, 11) is 0. The van der Waals surface area contributed by atoms with Crippen LogP contribution in [0.2, 0.25) is 0 Å². The molecule has 0 aliphatic rings. The van der Waals surface area contributed by atoms with Crippen molar-refractivity contribution in [3.63, 3.8) is 0 Å². The Balaban J connectivity index is 1.23. The summed E-state index contributed by atoms with van der Waals surface area (Å²) in [4.78, 5) is 15.6. The van der Waals surface area contributed by atoms with Gasteiger partial charge in [0.2, 0.25) is 0 Å². The van der Waals surface area contributed by atoms with Crippen molar-refractivity contribution in [3.05, 3.63) is 188 Å². The highest BCUT2D eigenvalue weighted by atomic mass is 16.3. The Hall–Kier alpha value is -7.63. The van der Waals surface area contributed by atoms with Gasteiger partial charge in [0.1, 0.15) is 22.3 Å². The quantitative estimate of drug-likeness (QED) is 0.171. The highest BCUT2D eigenvalue weighted by molar-refractivity contribution is 6.19. The lowest BCUT2D eigenvalue weighted by Gasteiger charge is -2.11. The molecule has 5 nitrogen and oxygen atoms in total. The van der Waals surface area contributed by atoms with E-state index in [-0.39, 0.29) is 0 Å². The van der Waals surface area contributed by atoms with Crippen molar-refractivity contribution >= 4 is 43.9 Å². The predicted octanol–water partition coefficient (Wildman–Crippen LogP) is 13.7. The second-order valence-electron chi connectivity index (χ2n) is 13.9. The van der Waals surface area contributed by atoms with Crippen molar-refractivity contribution in [3.8, 4) is 67.5 Å². The average molecular weight is 718 g/mol. The second-order valence-corrected chi connectivity index (χ2v) is 13.9. The largest absolute Gasteiger partial charge is 0.456 e. The van der Waals surface area contributed by atoms with Gasteiger partial charge in [-0.3, -0.25) is 0 Å². The fourth-order valence-electron chi connectivity index (χ4n) is 7.85. The maximum atomic E-state index is 7.10. The molecular formula is C51H31N3O2. The zero-order valence-electron chi connectivity index (χ0n) is 30.1. The molecule has 0 spiro atoms. The van der Waals surface area contributed by atoms with Crippen molar-refractivity contribution < 1.29 is 8.83 Å². The van der Waals surface area contributed by atoms with Gasteiger partial charge >= 0.3 is 0 Å². The number of para-hydroxylation sites is 1. The van der Waals surface area contributed by atoms with Gasteiger partial charge in [-0.2, -0.15) is 0 Å². The van der Waals surface area contributed by atoms with E-state index in [1.807, 2.05) is 78.9 Å². The smallest absolute Gasteiger partial charge is 0.164 e. The molecule has 3 aromatic heterocycles. The minimum atomic E-state index is 0.560. The Morgan fingerprint density at radius 2 is 0.821 bits per heavy atom. The van der Waals surface area contributed by atoms with E-state index in [9.17, 15) is 0 Å². The Morgan fingerprint density at radius 3 is 1.54 bits per heavy atom. The van der Waals surface area contributed by atoms with Gasteiger partial charge in [-0.1, -0.05) is 140 Å². The Labute approximate surface area is 322 Å². The fraction of sp³-hybridized carbons (Fsp3) is 0. The van der Waals surface area contributed by atoms with Crippen molar-refractivity contribution in [2.75, 3.05) is 0 Å². The number of benzene rings is 8. The molecule has 0 atom stereocenters. The second kappa shape index (κ2) is 13.0. The first-order valence-electron chi connectivity index (χ1n) is 18.7. The standard InChI is InChI=1S/C51H31N3O2/c1-5-15-32(16-6-1)37-30-41(34-19-9-3-10-20-34)47-43(31-37)46-40(27-26-38(48(46)56-47)33-17-7-2-8-18-33)51-53-49(35-21-11-4-12-22-35)52-50(54-51)36-25-28-45-42(29-36)39-23-13-14-24-44(39)55-45/h1-31H. The highest BCUT2D eigenvalue weighted by Crippen LogP contribution is 2.46. The molecule has 5 heteroatoms. The van der Waals surface area contributed by atoms with E-state index in [2.05, 4.69) is 109 Å². The molecule has 0 aliphatic heterocycles. The summed E-state index contributed by atoms with van der Waals surface area (Å²) in [6.07, 6.45) is 0. The van der Waals surface area contributed by atoms with Crippen LogP contribution < -0.4 is 0 Å². The van der Waals surface area contributed by atoms with Crippen molar-refractivity contribution in [2.24, 2.45) is 0 Å². The third-order valence-electron chi connectivity index (χ3n) is 10.5. The van der Waals surface area contributed by atoms with Crippen LogP contribution in [0, 0.1) is 0 Å². The topological polar surface area (TPSA) is 65.0 Å². The normalized spacial score (nSPS) is 11.6. The minimum absolute atomic E-state index is 0.560. The van der Waals surface area contributed by atoms with E-state index >= 15 is 0 Å². The third kappa shape index (κ3) is 5.37. The SMILES string of the molecule is c1ccc(-c2cc(-c3ccccc3)c3oc4c(-c5ccccc5)ccc(-c5nc(-c6ccccc6)nc(-c6ccc7oc8ccccc8c7c6)n5)c4c3c2)cc1. The number of nitrogens with zero attached hydrogens (tertiary/aromatic N) is 3. The van der Waals surface area contributed by atoms with Crippen LogP contribution in [0.25, 0.3) is 111 Å². The molecule has 8 aromatic carbocycles. The lowest BCUT2D eigenvalue weighted by atomic mass is 9.93. The number of aromatic nitrogens is 3. The molecule has 262 valence electrons. The summed E-state index contributed by atoms with van der Waals surface area (Å²) < 4.78 is 13.3. The fourth-order valence-corrected chi connectivity index (χ4v) is 7.85. The summed E-state index contributed by atoms with van der Waals surface area (Å²) in [6.45, 7) is 0. The van der Waals surface area contributed by atoms with Gasteiger partial charge in [0.25, 0.3) is 0 Å². The zero-order valence-corrected chi connectivity index (χ0v) is 30.1. The van der Waals surface area contributed by atoms with Crippen molar-refractivity contribution in [2.45, 2.75) is 0 Å². The lowest BCUT2D eigenvalue weighted by Crippen LogP contribution is -2.00. The van der Waals surface area contributed by atoms with E-state index in [0.717, 1.165) is 93.9 Å². The maximum absolute atomic E-state index is 7.10. The van der Waals surface area contributed by atoms with E-state index in [0.29, 0.717) is 17.5 Å². The Kier molecular flexibility index (Phi) is 7.42. The van der Waals surface area contributed by atoms with E-state index < -0.39 is 0 Å². The van der Waals surface area contributed by atoms with Gasteiger partial charge in [-0.25, -0.2) is 15.0 Å². The van der Waals surface area contributed by atoms with Gasteiger partial charge in [-0.05, 0) is 70.8 Å². The van der Waals surface area contributed by atoms with Gasteiger partial charge in [-0.15, -0.1) is 0 Å². The highest BCUT2D eigenvalue weighted by Gasteiger charge is 2.23. The first kappa shape index (κ1) is 31.9. The maximum Gasteiger partial charge on any atom is 0.164 e. The summed E-state index contributed by atoms with van der Waals surface area (Å²) >= 11 is 0. The molecule has 0 N–H and O–H groups in total. The number of hydrogen-bond acceptors (Lipinski definition) is 5. The van der Waals surface area contributed by atoms with Crippen LogP contribution in [-0.4, -0.2) is 15.0 Å². The molecule has 0 radical (unpaired) electrons. The van der Waals surface area contributed by atoms with E-state index in [1.54, 1.807) is 0 Å². The minimum Gasteiger partial charge on any atom is -0.456 e. The Morgan fingerprint density at radius 1 is 0.286 bits per heavy atom. The van der Waals surface area contributed by atoms with Crippen LogP contribution in [-0.2, 0) is 0 Å². The molecule has 56 heavy (non-hydrogen) atoms. The molecule has 0 fully saturated rings. The third-order valence-corrected chi connectivity index (χ3v) is 10.5. The van der Waals surface area contributed by atoms with Crippen LogP contribution in [0.3, 0.4) is 0 Å². The van der Waals surface area contributed by atoms with Crippen molar-refractivity contribution in [1.82, 2.24) is 15.0 Å². The molecule has 0 aliphatic carbocycles. The number of furan rings is 2. The molecular weight excluding hydrogens is 687 g/mol. The predicted molar refractivity (Wildman–Crippen MR) is 227 cm³/mol. The monoisotopic (exact) mass is 717 g/mol. The summed E-state index contributed by atoms with van der Waals surface area (Å²) in [5, 5.41) is 4.00. The van der Waals surface area contributed by atoms with Gasteiger partial charge in [0.05, 0.1) is 0 Å². The molecule has 3 heterocycles. The molecule has 0 amide bonds. The van der Waals surface area contributed by atoms with E-state index in [1.165, 1.54) is 0 Å². The lowest BCUT2D eigenvalue weighted by molar-refractivity contribution is 0.669. The molecule has 11 rings (SSSR count).